The van der Waals surface area contributed by atoms with Crippen molar-refractivity contribution in [2.24, 2.45) is 0 Å². The van der Waals surface area contributed by atoms with Crippen LogP contribution in [0.3, 0.4) is 0 Å². The average Bonchev–Trinajstić information content (AvgIpc) is 2.62. The summed E-state index contributed by atoms with van der Waals surface area (Å²) in [5.74, 6) is 6.26. The minimum absolute atomic E-state index is 0. The predicted octanol–water partition coefficient (Wildman–Crippen LogP) is 3.59. The highest BCUT2D eigenvalue weighted by atomic mass is 35.5. The molecule has 3 nitrogen and oxygen atoms in total. The lowest BCUT2D eigenvalue weighted by Crippen LogP contribution is -2.49. The van der Waals surface area contributed by atoms with Gasteiger partial charge in [-0.2, -0.15) is 0 Å². The van der Waals surface area contributed by atoms with Crippen molar-refractivity contribution in [1.82, 2.24) is 10.2 Å². The molecule has 2 N–H and O–H groups in total. The Morgan fingerprint density at radius 1 is 1.08 bits per heavy atom. The topological polar surface area (TPSA) is 35.5 Å². The Kier molecular flexibility index (Phi) is 10.00. The molecule has 1 unspecified atom stereocenters. The second-order valence-corrected chi connectivity index (χ2v) is 7.26. The summed E-state index contributed by atoms with van der Waals surface area (Å²) >= 11 is 0. The summed E-state index contributed by atoms with van der Waals surface area (Å²) in [6, 6.07) is 8.56. The van der Waals surface area contributed by atoms with E-state index in [1.54, 1.807) is 0 Å². The van der Waals surface area contributed by atoms with Gasteiger partial charge in [0, 0.05) is 44.2 Å². The second kappa shape index (κ2) is 11.2. The minimum Gasteiger partial charge on any atom is -0.389 e. The Hall–Kier alpha value is -0.760. The van der Waals surface area contributed by atoms with Gasteiger partial charge in [0.25, 0.3) is 0 Å². The number of halogens is 2. The van der Waals surface area contributed by atoms with E-state index in [4.69, 9.17) is 0 Å². The fourth-order valence-electron chi connectivity index (χ4n) is 4.19. The molecular weight excluding hydrogens is 367 g/mol. The molecule has 1 saturated heterocycles. The number of nitrogens with one attached hydrogen (secondary N) is 1. The largest absolute Gasteiger partial charge is 0.389 e. The molecule has 1 heterocycles. The molecule has 3 rings (SSSR count). The Morgan fingerprint density at radius 3 is 2.27 bits per heavy atom. The summed E-state index contributed by atoms with van der Waals surface area (Å²) in [6.45, 7) is 7.08. The molecule has 26 heavy (non-hydrogen) atoms. The first-order valence-corrected chi connectivity index (χ1v) is 9.39. The maximum Gasteiger partial charge on any atom is 0.0728 e. The van der Waals surface area contributed by atoms with Crippen molar-refractivity contribution in [3.8, 4) is 11.8 Å². The Labute approximate surface area is 170 Å². The molecule has 146 valence electrons. The van der Waals surface area contributed by atoms with Crippen molar-refractivity contribution in [2.45, 2.75) is 50.5 Å². The average molecular weight is 399 g/mol. The highest BCUT2D eigenvalue weighted by Gasteiger charge is 2.39. The number of benzene rings is 1. The van der Waals surface area contributed by atoms with Crippen LogP contribution in [0.25, 0.3) is 0 Å². The molecular formula is C21H32Cl2N2O. The van der Waals surface area contributed by atoms with Gasteiger partial charge in [-0.05, 0) is 37.5 Å². The molecule has 1 aromatic carbocycles. The van der Waals surface area contributed by atoms with Crippen molar-refractivity contribution in [2.75, 3.05) is 32.7 Å². The molecule has 0 spiro atoms. The van der Waals surface area contributed by atoms with Crippen molar-refractivity contribution >= 4 is 24.8 Å². The van der Waals surface area contributed by atoms with Crippen molar-refractivity contribution in [3.05, 3.63) is 35.4 Å². The molecule has 1 atom stereocenters. The van der Waals surface area contributed by atoms with Crippen LogP contribution < -0.4 is 5.32 Å². The zero-order valence-electron chi connectivity index (χ0n) is 15.7. The first kappa shape index (κ1) is 23.3. The Balaban J connectivity index is 0.00000169. The van der Waals surface area contributed by atoms with E-state index in [-0.39, 0.29) is 30.7 Å². The second-order valence-electron chi connectivity index (χ2n) is 7.26. The lowest BCUT2D eigenvalue weighted by Gasteiger charge is -2.42. The Morgan fingerprint density at radius 2 is 1.69 bits per heavy atom. The number of aliphatic hydroxyl groups is 1. The van der Waals surface area contributed by atoms with E-state index in [2.05, 4.69) is 46.3 Å². The standard InChI is InChI=1S/C21H30N2O.2ClH/c1-2-6-18-7-9-19(10-8-18)20(17-23-15-13-22-14-16-23)21(24)11-4-3-5-12-21;;/h7-10,20,22,24H,3-5,11-17H2,1H3;2*1H. The number of hydrogen-bond donors (Lipinski definition) is 2. The zero-order valence-corrected chi connectivity index (χ0v) is 17.3. The number of hydrogen-bond acceptors (Lipinski definition) is 3. The van der Waals surface area contributed by atoms with Crippen LogP contribution in [0.1, 0.15) is 56.1 Å². The molecule has 1 saturated carbocycles. The van der Waals surface area contributed by atoms with Gasteiger partial charge in [0.05, 0.1) is 5.60 Å². The van der Waals surface area contributed by atoms with Crippen LogP contribution in [0.5, 0.6) is 0 Å². The molecule has 0 bridgehead atoms. The van der Waals surface area contributed by atoms with E-state index < -0.39 is 5.60 Å². The van der Waals surface area contributed by atoms with Gasteiger partial charge < -0.3 is 15.3 Å². The van der Waals surface area contributed by atoms with Gasteiger partial charge in [0.2, 0.25) is 0 Å². The van der Waals surface area contributed by atoms with Crippen LogP contribution in [0.15, 0.2) is 24.3 Å². The number of nitrogens with zero attached hydrogens (tertiary/aromatic N) is 1. The van der Waals surface area contributed by atoms with Gasteiger partial charge in [-0.25, -0.2) is 0 Å². The first-order valence-electron chi connectivity index (χ1n) is 9.39. The van der Waals surface area contributed by atoms with Crippen LogP contribution >= 0.6 is 24.8 Å². The van der Waals surface area contributed by atoms with Crippen molar-refractivity contribution in [1.29, 1.82) is 0 Å². The first-order chi connectivity index (χ1) is 11.7. The SMILES string of the molecule is CC#Cc1ccc(C(CN2CCNCC2)C2(O)CCCCC2)cc1.Cl.Cl. The van der Waals surface area contributed by atoms with Gasteiger partial charge in [-0.1, -0.05) is 37.3 Å². The normalized spacial score (nSPS) is 20.7. The highest BCUT2D eigenvalue weighted by molar-refractivity contribution is 5.85. The van der Waals surface area contributed by atoms with Gasteiger partial charge >= 0.3 is 0 Å². The molecule has 5 heteroatoms. The summed E-state index contributed by atoms with van der Waals surface area (Å²) in [7, 11) is 0. The molecule has 2 aliphatic rings. The lowest BCUT2D eigenvalue weighted by atomic mass is 9.72. The van der Waals surface area contributed by atoms with Crippen LogP contribution in [-0.2, 0) is 0 Å². The fourth-order valence-corrected chi connectivity index (χ4v) is 4.19. The fraction of sp³-hybridized carbons (Fsp3) is 0.619. The summed E-state index contributed by atoms with van der Waals surface area (Å²) < 4.78 is 0. The Bertz CT molecular complexity index is 582. The third kappa shape index (κ3) is 5.87. The van der Waals surface area contributed by atoms with E-state index in [0.717, 1.165) is 64.0 Å². The predicted molar refractivity (Wildman–Crippen MR) is 114 cm³/mol. The van der Waals surface area contributed by atoms with Crippen molar-refractivity contribution < 1.29 is 5.11 Å². The van der Waals surface area contributed by atoms with E-state index in [0.29, 0.717) is 0 Å². The lowest BCUT2D eigenvalue weighted by molar-refractivity contribution is -0.0316. The van der Waals surface area contributed by atoms with Gasteiger partial charge in [-0.15, -0.1) is 30.7 Å². The van der Waals surface area contributed by atoms with E-state index in [1.807, 2.05) is 6.92 Å². The maximum absolute atomic E-state index is 11.4. The molecule has 1 aromatic rings. The van der Waals surface area contributed by atoms with Gasteiger partial charge in [0.15, 0.2) is 0 Å². The summed E-state index contributed by atoms with van der Waals surface area (Å²) in [4.78, 5) is 2.51. The molecule has 1 aliphatic carbocycles. The smallest absolute Gasteiger partial charge is 0.0728 e. The van der Waals surface area contributed by atoms with Crippen molar-refractivity contribution in [3.63, 3.8) is 0 Å². The van der Waals surface area contributed by atoms with Crippen LogP contribution in [0.4, 0.5) is 0 Å². The minimum atomic E-state index is -0.554. The molecule has 1 aliphatic heterocycles. The molecule has 0 amide bonds. The zero-order chi connectivity index (χ0) is 16.8. The van der Waals surface area contributed by atoms with Crippen LogP contribution in [0.2, 0.25) is 0 Å². The van der Waals surface area contributed by atoms with Crippen LogP contribution in [0, 0.1) is 11.8 Å². The number of piperazine rings is 1. The quantitative estimate of drug-likeness (QED) is 0.760. The summed E-state index contributed by atoms with van der Waals surface area (Å²) in [5, 5.41) is 14.8. The monoisotopic (exact) mass is 398 g/mol. The third-order valence-electron chi connectivity index (χ3n) is 5.60. The molecule has 2 fully saturated rings. The number of rotatable bonds is 4. The summed E-state index contributed by atoms with van der Waals surface area (Å²) in [6.07, 6.45) is 5.41. The molecule has 0 radical (unpaired) electrons. The third-order valence-corrected chi connectivity index (χ3v) is 5.60. The van der Waals surface area contributed by atoms with Gasteiger partial charge in [-0.3, -0.25) is 0 Å². The van der Waals surface area contributed by atoms with E-state index >= 15 is 0 Å². The van der Waals surface area contributed by atoms with Crippen LogP contribution in [-0.4, -0.2) is 48.3 Å². The molecule has 0 aromatic heterocycles. The summed E-state index contributed by atoms with van der Waals surface area (Å²) in [5.41, 5.74) is 1.76. The maximum atomic E-state index is 11.4. The van der Waals surface area contributed by atoms with E-state index in [1.165, 1.54) is 12.0 Å². The van der Waals surface area contributed by atoms with Gasteiger partial charge in [0.1, 0.15) is 0 Å². The van der Waals surface area contributed by atoms with E-state index in [9.17, 15) is 5.11 Å². The highest BCUT2D eigenvalue weighted by Crippen LogP contribution is 2.40.